The molecule has 1 aromatic carbocycles. The van der Waals surface area contributed by atoms with E-state index in [1.54, 1.807) is 24.3 Å². The maximum atomic E-state index is 11.9. The zero-order chi connectivity index (χ0) is 13.8. The van der Waals surface area contributed by atoms with Crippen molar-refractivity contribution in [1.82, 2.24) is 4.72 Å². The molecular formula is C10H9BrF3NO2S. The van der Waals surface area contributed by atoms with E-state index in [9.17, 15) is 21.6 Å². The monoisotopic (exact) mass is 343 g/mol. The summed E-state index contributed by atoms with van der Waals surface area (Å²) in [5, 5.41) is 0. The van der Waals surface area contributed by atoms with E-state index in [0.29, 0.717) is 0 Å². The smallest absolute Gasteiger partial charge is 0.204 e. The van der Waals surface area contributed by atoms with Crippen LogP contribution in [0.25, 0.3) is 6.08 Å². The molecule has 0 bridgehead atoms. The van der Waals surface area contributed by atoms with Crippen LogP contribution < -0.4 is 4.72 Å². The van der Waals surface area contributed by atoms with Gasteiger partial charge in [0.25, 0.3) is 0 Å². The Morgan fingerprint density at radius 1 is 1.22 bits per heavy atom. The van der Waals surface area contributed by atoms with E-state index in [4.69, 9.17) is 0 Å². The predicted molar refractivity (Wildman–Crippen MR) is 66.2 cm³/mol. The third-order valence-electron chi connectivity index (χ3n) is 1.88. The fourth-order valence-corrected chi connectivity index (χ4v) is 1.75. The number of benzene rings is 1. The van der Waals surface area contributed by atoms with Gasteiger partial charge in [-0.3, -0.25) is 0 Å². The van der Waals surface area contributed by atoms with E-state index in [1.807, 2.05) is 0 Å². The van der Waals surface area contributed by atoms with Gasteiger partial charge in [-0.25, -0.2) is 13.1 Å². The van der Waals surface area contributed by atoms with Gasteiger partial charge < -0.3 is 0 Å². The fourth-order valence-electron chi connectivity index (χ4n) is 1.01. The van der Waals surface area contributed by atoms with Crippen LogP contribution in [0.15, 0.2) is 34.8 Å². The molecule has 1 N–H and O–H groups in total. The van der Waals surface area contributed by atoms with Gasteiger partial charge in [0.05, 0.1) is 0 Å². The summed E-state index contributed by atoms with van der Waals surface area (Å²) in [7, 11) is -5.27. The molecule has 0 radical (unpaired) electrons. The van der Waals surface area contributed by atoms with Gasteiger partial charge in [0.2, 0.25) is 0 Å². The molecule has 0 aromatic heterocycles. The molecule has 0 aliphatic rings. The third-order valence-corrected chi connectivity index (χ3v) is 3.56. The maximum absolute atomic E-state index is 11.9. The molecule has 100 valence electrons. The molecule has 3 nitrogen and oxygen atoms in total. The first-order valence-corrected chi connectivity index (χ1v) is 6.98. The van der Waals surface area contributed by atoms with Crippen molar-refractivity contribution in [2.45, 2.75) is 5.51 Å². The van der Waals surface area contributed by atoms with Gasteiger partial charge in [-0.1, -0.05) is 40.2 Å². The molecule has 1 aromatic rings. The standard InChI is InChI=1S/C10H9BrF3NO2S/c11-9-5-3-8(4-6-9)2-1-7-15-18(16,17)10(12,13)14/h1-6,15H,7H2/b2-1+. The minimum Gasteiger partial charge on any atom is -0.204 e. The van der Waals surface area contributed by atoms with Crippen molar-refractivity contribution in [1.29, 1.82) is 0 Å². The van der Waals surface area contributed by atoms with Crippen LogP contribution in [-0.2, 0) is 10.0 Å². The molecule has 0 fully saturated rings. The minimum atomic E-state index is -5.28. The van der Waals surface area contributed by atoms with Crippen molar-refractivity contribution in [2.75, 3.05) is 6.54 Å². The van der Waals surface area contributed by atoms with Crippen LogP contribution in [0, 0.1) is 0 Å². The van der Waals surface area contributed by atoms with E-state index in [2.05, 4.69) is 15.9 Å². The highest BCUT2D eigenvalue weighted by Gasteiger charge is 2.45. The lowest BCUT2D eigenvalue weighted by Gasteiger charge is -2.07. The number of hydrogen-bond donors (Lipinski definition) is 1. The van der Waals surface area contributed by atoms with Crippen LogP contribution >= 0.6 is 15.9 Å². The number of sulfonamides is 1. The fraction of sp³-hybridized carbons (Fsp3) is 0.200. The first-order chi connectivity index (χ1) is 8.22. The van der Waals surface area contributed by atoms with Crippen molar-refractivity contribution in [3.8, 4) is 0 Å². The Bertz CT molecular complexity index is 523. The molecule has 0 heterocycles. The summed E-state index contributed by atoms with van der Waals surface area (Å²) in [5.74, 6) is 0. The van der Waals surface area contributed by atoms with Crippen molar-refractivity contribution in [3.05, 3.63) is 40.4 Å². The highest BCUT2D eigenvalue weighted by Crippen LogP contribution is 2.21. The molecule has 18 heavy (non-hydrogen) atoms. The van der Waals surface area contributed by atoms with Crippen molar-refractivity contribution in [2.24, 2.45) is 0 Å². The Hall–Kier alpha value is -0.860. The Morgan fingerprint density at radius 2 is 1.78 bits per heavy atom. The first-order valence-electron chi connectivity index (χ1n) is 4.70. The zero-order valence-corrected chi connectivity index (χ0v) is 11.3. The number of nitrogens with one attached hydrogen (secondary N) is 1. The quantitative estimate of drug-likeness (QED) is 0.913. The molecule has 8 heteroatoms. The molecular weight excluding hydrogens is 335 g/mol. The number of alkyl halides is 3. The van der Waals surface area contributed by atoms with Gasteiger partial charge in [0.1, 0.15) is 0 Å². The normalized spacial score (nSPS) is 13.1. The number of hydrogen-bond acceptors (Lipinski definition) is 2. The summed E-state index contributed by atoms with van der Waals surface area (Å²) < 4.78 is 59.4. The summed E-state index contributed by atoms with van der Waals surface area (Å²) >= 11 is 3.23. The van der Waals surface area contributed by atoms with Gasteiger partial charge >= 0.3 is 15.5 Å². The van der Waals surface area contributed by atoms with Crippen LogP contribution in [0.1, 0.15) is 5.56 Å². The third kappa shape index (κ3) is 4.43. The lowest BCUT2D eigenvalue weighted by Crippen LogP contribution is -2.36. The zero-order valence-electron chi connectivity index (χ0n) is 8.91. The average molecular weight is 344 g/mol. The summed E-state index contributed by atoms with van der Waals surface area (Å²) in [6.45, 7) is -0.419. The second-order valence-corrected chi connectivity index (χ2v) is 5.93. The van der Waals surface area contributed by atoms with E-state index in [1.165, 1.54) is 16.9 Å². The van der Waals surface area contributed by atoms with Crippen molar-refractivity contribution >= 4 is 32.0 Å². The minimum absolute atomic E-state index is 0.419. The molecule has 0 aliphatic carbocycles. The molecule has 0 spiro atoms. The molecule has 0 aliphatic heterocycles. The predicted octanol–water partition coefficient (Wildman–Crippen LogP) is 2.90. The molecule has 0 atom stereocenters. The van der Waals surface area contributed by atoms with E-state index in [0.717, 1.165) is 10.0 Å². The van der Waals surface area contributed by atoms with Gasteiger partial charge in [-0.05, 0) is 17.7 Å². The van der Waals surface area contributed by atoms with Gasteiger partial charge in [0.15, 0.2) is 0 Å². The number of halogens is 4. The lowest BCUT2D eigenvalue weighted by atomic mass is 10.2. The molecule has 0 saturated carbocycles. The Kier molecular flexibility index (Phi) is 4.94. The summed E-state index contributed by atoms with van der Waals surface area (Å²) in [6, 6.07) is 7.00. The topological polar surface area (TPSA) is 46.2 Å². The first kappa shape index (κ1) is 15.2. The maximum Gasteiger partial charge on any atom is 0.511 e. The highest BCUT2D eigenvalue weighted by atomic mass is 79.9. The second kappa shape index (κ2) is 5.85. The van der Waals surface area contributed by atoms with Crippen LogP contribution in [0.5, 0.6) is 0 Å². The summed E-state index contributed by atoms with van der Waals surface area (Å²) in [5.41, 5.74) is -4.53. The SMILES string of the molecule is O=S(=O)(NC/C=C/c1ccc(Br)cc1)C(F)(F)F. The van der Waals surface area contributed by atoms with Gasteiger partial charge in [0, 0.05) is 11.0 Å². The second-order valence-electron chi connectivity index (χ2n) is 3.25. The van der Waals surface area contributed by atoms with Gasteiger partial charge in [-0.2, -0.15) is 13.2 Å². The largest absolute Gasteiger partial charge is 0.511 e. The molecule has 0 amide bonds. The van der Waals surface area contributed by atoms with Crippen molar-refractivity contribution < 1.29 is 21.6 Å². The highest BCUT2D eigenvalue weighted by molar-refractivity contribution is 9.10. The Morgan fingerprint density at radius 3 is 2.28 bits per heavy atom. The van der Waals surface area contributed by atoms with E-state index < -0.39 is 22.1 Å². The Balaban J connectivity index is 2.55. The summed E-state index contributed by atoms with van der Waals surface area (Å²) in [4.78, 5) is 0. The lowest BCUT2D eigenvalue weighted by molar-refractivity contribution is -0.0446. The number of rotatable bonds is 4. The van der Waals surface area contributed by atoms with Crippen LogP contribution in [0.2, 0.25) is 0 Å². The van der Waals surface area contributed by atoms with Crippen LogP contribution in [-0.4, -0.2) is 20.5 Å². The summed E-state index contributed by atoms with van der Waals surface area (Å²) in [6.07, 6.45) is 2.82. The van der Waals surface area contributed by atoms with Crippen molar-refractivity contribution in [3.63, 3.8) is 0 Å². The van der Waals surface area contributed by atoms with E-state index in [-0.39, 0.29) is 0 Å². The Labute approximate surface area is 111 Å². The van der Waals surface area contributed by atoms with E-state index >= 15 is 0 Å². The molecule has 0 saturated heterocycles. The molecule has 0 unspecified atom stereocenters. The van der Waals surface area contributed by atoms with Crippen LogP contribution in [0.4, 0.5) is 13.2 Å². The van der Waals surface area contributed by atoms with Crippen LogP contribution in [0.3, 0.4) is 0 Å². The average Bonchev–Trinajstić information content (AvgIpc) is 2.25. The molecule has 1 rings (SSSR count). The van der Waals surface area contributed by atoms with Gasteiger partial charge in [-0.15, -0.1) is 0 Å².